The van der Waals surface area contributed by atoms with Gasteiger partial charge in [0.15, 0.2) is 0 Å². The van der Waals surface area contributed by atoms with Crippen molar-refractivity contribution in [2.45, 2.75) is 13.3 Å². The molecule has 0 radical (unpaired) electrons. The number of benzene rings is 2. The van der Waals surface area contributed by atoms with Gasteiger partial charge in [-0.15, -0.1) is 0 Å². The summed E-state index contributed by atoms with van der Waals surface area (Å²) in [5.41, 5.74) is 3.36. The van der Waals surface area contributed by atoms with Crippen molar-refractivity contribution in [1.82, 2.24) is 10.1 Å². The van der Waals surface area contributed by atoms with Gasteiger partial charge in [-0.1, -0.05) is 50.9 Å². The van der Waals surface area contributed by atoms with Gasteiger partial charge >= 0.3 is 0 Å². The van der Waals surface area contributed by atoms with E-state index < -0.39 is 0 Å². The summed E-state index contributed by atoms with van der Waals surface area (Å²) >= 11 is 3.41. The first-order valence-corrected chi connectivity index (χ1v) is 7.14. The maximum atomic E-state index is 5.31. The lowest BCUT2D eigenvalue weighted by atomic mass is 10.1. The van der Waals surface area contributed by atoms with Gasteiger partial charge in [-0.05, 0) is 36.8 Å². The van der Waals surface area contributed by atoms with Gasteiger partial charge in [-0.3, -0.25) is 0 Å². The van der Waals surface area contributed by atoms with Gasteiger partial charge in [-0.2, -0.15) is 4.98 Å². The fourth-order valence-electron chi connectivity index (χ4n) is 1.92. The second-order valence-corrected chi connectivity index (χ2v) is 5.60. The van der Waals surface area contributed by atoms with Crippen molar-refractivity contribution < 1.29 is 4.52 Å². The Labute approximate surface area is 125 Å². The standard InChI is InChI=1S/C16H13BrN2O/c1-11-2-4-12(5-3-11)10-15-18-16(19-20-15)13-6-8-14(17)9-7-13/h2-9H,10H2,1H3. The Morgan fingerprint density at radius 3 is 2.40 bits per heavy atom. The average molecular weight is 329 g/mol. The number of hydrogen-bond acceptors (Lipinski definition) is 3. The largest absolute Gasteiger partial charge is 0.339 e. The van der Waals surface area contributed by atoms with E-state index in [2.05, 4.69) is 57.3 Å². The normalized spacial score (nSPS) is 10.7. The molecular weight excluding hydrogens is 316 g/mol. The molecular formula is C16H13BrN2O. The van der Waals surface area contributed by atoms with Crippen LogP contribution in [0.15, 0.2) is 57.5 Å². The average Bonchev–Trinajstić information content (AvgIpc) is 2.91. The third-order valence-corrected chi connectivity index (χ3v) is 3.58. The van der Waals surface area contributed by atoms with E-state index >= 15 is 0 Å². The molecule has 0 saturated carbocycles. The van der Waals surface area contributed by atoms with Gasteiger partial charge in [0.2, 0.25) is 11.7 Å². The maximum absolute atomic E-state index is 5.31. The number of aromatic nitrogens is 2. The predicted octanol–water partition coefficient (Wildman–Crippen LogP) is 4.40. The Hall–Kier alpha value is -1.94. The molecule has 0 bridgehead atoms. The van der Waals surface area contributed by atoms with Crippen LogP contribution in [0.5, 0.6) is 0 Å². The summed E-state index contributed by atoms with van der Waals surface area (Å²) in [4.78, 5) is 4.43. The topological polar surface area (TPSA) is 38.9 Å². The van der Waals surface area contributed by atoms with Crippen molar-refractivity contribution in [3.05, 3.63) is 70.0 Å². The molecule has 0 aliphatic rings. The maximum Gasteiger partial charge on any atom is 0.231 e. The molecule has 1 heterocycles. The molecule has 2 aromatic carbocycles. The molecule has 0 atom stereocenters. The summed E-state index contributed by atoms with van der Waals surface area (Å²) < 4.78 is 6.34. The Morgan fingerprint density at radius 1 is 1.00 bits per heavy atom. The van der Waals surface area contributed by atoms with Gasteiger partial charge in [0.25, 0.3) is 0 Å². The van der Waals surface area contributed by atoms with E-state index in [1.54, 1.807) is 0 Å². The first kappa shape index (κ1) is 13.1. The number of nitrogens with zero attached hydrogens (tertiary/aromatic N) is 2. The van der Waals surface area contributed by atoms with Crippen LogP contribution in [0.1, 0.15) is 17.0 Å². The van der Waals surface area contributed by atoms with E-state index in [1.165, 1.54) is 11.1 Å². The smallest absolute Gasteiger partial charge is 0.231 e. The lowest BCUT2D eigenvalue weighted by Crippen LogP contribution is -1.88. The van der Waals surface area contributed by atoms with E-state index in [1.807, 2.05) is 24.3 Å². The van der Waals surface area contributed by atoms with Crippen molar-refractivity contribution >= 4 is 15.9 Å². The molecule has 0 spiro atoms. The molecule has 1 aromatic heterocycles. The Balaban J connectivity index is 1.80. The van der Waals surface area contributed by atoms with Gasteiger partial charge < -0.3 is 4.52 Å². The van der Waals surface area contributed by atoms with Crippen molar-refractivity contribution in [2.75, 3.05) is 0 Å². The van der Waals surface area contributed by atoms with Crippen LogP contribution in [0.2, 0.25) is 0 Å². The third kappa shape index (κ3) is 2.96. The molecule has 3 rings (SSSR count). The number of rotatable bonds is 3. The van der Waals surface area contributed by atoms with Crippen molar-refractivity contribution in [2.24, 2.45) is 0 Å². The molecule has 0 saturated heterocycles. The zero-order valence-corrected chi connectivity index (χ0v) is 12.6. The molecule has 0 N–H and O–H groups in total. The zero-order valence-electron chi connectivity index (χ0n) is 11.0. The van der Waals surface area contributed by atoms with Crippen LogP contribution in [-0.2, 0) is 6.42 Å². The summed E-state index contributed by atoms with van der Waals surface area (Å²) in [6, 6.07) is 16.2. The lowest BCUT2D eigenvalue weighted by molar-refractivity contribution is 0.385. The first-order chi connectivity index (χ1) is 9.70. The van der Waals surface area contributed by atoms with Gasteiger partial charge in [0.1, 0.15) is 0 Å². The summed E-state index contributed by atoms with van der Waals surface area (Å²) in [6.45, 7) is 2.07. The van der Waals surface area contributed by atoms with E-state index in [-0.39, 0.29) is 0 Å². The molecule has 0 aliphatic heterocycles. The van der Waals surface area contributed by atoms with E-state index in [4.69, 9.17) is 4.52 Å². The summed E-state index contributed by atoms with van der Waals surface area (Å²) in [5, 5.41) is 4.03. The van der Waals surface area contributed by atoms with Gasteiger partial charge in [0, 0.05) is 10.0 Å². The molecule has 20 heavy (non-hydrogen) atoms. The minimum atomic E-state index is 0.625. The van der Waals surface area contributed by atoms with Crippen molar-refractivity contribution in [1.29, 1.82) is 0 Å². The number of aryl methyl sites for hydroxylation is 1. The monoisotopic (exact) mass is 328 g/mol. The Morgan fingerprint density at radius 2 is 1.70 bits per heavy atom. The minimum absolute atomic E-state index is 0.625. The number of hydrogen-bond donors (Lipinski definition) is 0. The fraction of sp³-hybridized carbons (Fsp3) is 0.125. The predicted molar refractivity (Wildman–Crippen MR) is 81.4 cm³/mol. The molecule has 3 nitrogen and oxygen atoms in total. The van der Waals surface area contributed by atoms with Gasteiger partial charge in [-0.25, -0.2) is 0 Å². The third-order valence-electron chi connectivity index (χ3n) is 3.05. The second-order valence-electron chi connectivity index (χ2n) is 4.68. The molecule has 3 aromatic rings. The number of halogens is 1. The highest BCUT2D eigenvalue weighted by Gasteiger charge is 2.09. The molecule has 0 unspecified atom stereocenters. The highest BCUT2D eigenvalue weighted by atomic mass is 79.9. The fourth-order valence-corrected chi connectivity index (χ4v) is 2.19. The zero-order chi connectivity index (χ0) is 13.9. The van der Waals surface area contributed by atoms with Crippen LogP contribution in [0, 0.1) is 6.92 Å². The van der Waals surface area contributed by atoms with Gasteiger partial charge in [0.05, 0.1) is 6.42 Å². The highest BCUT2D eigenvalue weighted by molar-refractivity contribution is 9.10. The summed E-state index contributed by atoms with van der Waals surface area (Å²) in [7, 11) is 0. The van der Waals surface area contributed by atoms with E-state index in [0.29, 0.717) is 18.1 Å². The second kappa shape index (κ2) is 5.59. The summed E-state index contributed by atoms with van der Waals surface area (Å²) in [6.07, 6.45) is 0.657. The van der Waals surface area contributed by atoms with Crippen LogP contribution in [0.3, 0.4) is 0 Å². The minimum Gasteiger partial charge on any atom is -0.339 e. The first-order valence-electron chi connectivity index (χ1n) is 6.35. The van der Waals surface area contributed by atoms with Crippen LogP contribution in [-0.4, -0.2) is 10.1 Å². The summed E-state index contributed by atoms with van der Waals surface area (Å²) in [5.74, 6) is 1.26. The molecule has 0 fully saturated rings. The van der Waals surface area contributed by atoms with Crippen LogP contribution in [0.25, 0.3) is 11.4 Å². The molecule has 100 valence electrons. The highest BCUT2D eigenvalue weighted by Crippen LogP contribution is 2.19. The van der Waals surface area contributed by atoms with Crippen LogP contribution >= 0.6 is 15.9 Å². The Kier molecular flexibility index (Phi) is 3.65. The quantitative estimate of drug-likeness (QED) is 0.715. The van der Waals surface area contributed by atoms with E-state index in [0.717, 1.165) is 10.0 Å². The molecule has 4 heteroatoms. The SMILES string of the molecule is Cc1ccc(Cc2nc(-c3ccc(Br)cc3)no2)cc1. The van der Waals surface area contributed by atoms with Crippen molar-refractivity contribution in [3.8, 4) is 11.4 Å². The van der Waals surface area contributed by atoms with Crippen molar-refractivity contribution in [3.63, 3.8) is 0 Å². The molecule has 0 amide bonds. The molecule has 0 aliphatic carbocycles. The van der Waals surface area contributed by atoms with Crippen LogP contribution < -0.4 is 0 Å². The lowest BCUT2D eigenvalue weighted by Gasteiger charge is -1.97. The van der Waals surface area contributed by atoms with Crippen LogP contribution in [0.4, 0.5) is 0 Å². The Bertz CT molecular complexity index is 702. The van der Waals surface area contributed by atoms with E-state index in [9.17, 15) is 0 Å².